The first-order valence-electron chi connectivity index (χ1n) is 7.92. The fourth-order valence-corrected chi connectivity index (χ4v) is 2.88. The second kappa shape index (κ2) is 8.49. The van der Waals surface area contributed by atoms with E-state index < -0.39 is 4.92 Å². The van der Waals surface area contributed by atoms with E-state index in [9.17, 15) is 14.9 Å². The summed E-state index contributed by atoms with van der Waals surface area (Å²) in [6, 6.07) is 4.20. The Kier molecular flexibility index (Phi) is 6.36. The molecule has 0 spiro atoms. The van der Waals surface area contributed by atoms with Gasteiger partial charge in [-0.15, -0.1) is 0 Å². The number of methoxy groups -OCH3 is 1. The molecule has 0 saturated carbocycles. The van der Waals surface area contributed by atoms with Crippen molar-refractivity contribution in [1.82, 2.24) is 10.2 Å². The molecule has 2 rings (SSSR count). The number of carbonyl (C=O) groups is 1. The van der Waals surface area contributed by atoms with E-state index in [0.717, 1.165) is 32.5 Å². The minimum atomic E-state index is -0.524. The highest BCUT2D eigenvalue weighted by molar-refractivity contribution is 5.78. The number of likely N-dealkylation sites (tertiary alicyclic amines) is 1. The van der Waals surface area contributed by atoms with Crippen molar-refractivity contribution in [3.05, 3.63) is 28.3 Å². The molecule has 8 nitrogen and oxygen atoms in total. The zero-order valence-electron chi connectivity index (χ0n) is 14.0. The minimum absolute atomic E-state index is 0.0758. The van der Waals surface area contributed by atoms with Crippen LogP contribution in [0.1, 0.15) is 12.8 Å². The third-order valence-electron chi connectivity index (χ3n) is 4.07. The smallest absolute Gasteiger partial charge is 0.311 e. The first-order valence-corrected chi connectivity index (χ1v) is 7.92. The first kappa shape index (κ1) is 18.0. The van der Waals surface area contributed by atoms with Gasteiger partial charge >= 0.3 is 5.69 Å². The quantitative estimate of drug-likeness (QED) is 0.598. The molecule has 1 saturated heterocycles. The number of ether oxygens (including phenoxy) is 2. The molecular weight excluding hydrogens is 314 g/mol. The predicted molar refractivity (Wildman–Crippen MR) is 88.4 cm³/mol. The molecule has 132 valence electrons. The number of carbonyl (C=O) groups excluding carboxylic acids is 1. The van der Waals surface area contributed by atoms with Gasteiger partial charge in [0, 0.05) is 25.2 Å². The zero-order valence-corrected chi connectivity index (χ0v) is 14.0. The Morgan fingerprint density at radius 1 is 1.50 bits per heavy atom. The summed E-state index contributed by atoms with van der Waals surface area (Å²) in [5.41, 5.74) is -0.137. The number of amides is 1. The van der Waals surface area contributed by atoms with Crippen LogP contribution in [0.5, 0.6) is 11.5 Å². The molecule has 0 bridgehead atoms. The third kappa shape index (κ3) is 4.58. The van der Waals surface area contributed by atoms with Crippen molar-refractivity contribution >= 4 is 11.6 Å². The number of piperidine rings is 1. The van der Waals surface area contributed by atoms with Gasteiger partial charge in [0.15, 0.2) is 6.61 Å². The summed E-state index contributed by atoms with van der Waals surface area (Å²) in [4.78, 5) is 24.4. The van der Waals surface area contributed by atoms with Crippen molar-refractivity contribution in [1.29, 1.82) is 0 Å². The van der Waals surface area contributed by atoms with Gasteiger partial charge in [-0.25, -0.2) is 0 Å². The number of nitro benzene ring substituents is 1. The summed E-state index contributed by atoms with van der Waals surface area (Å²) < 4.78 is 10.5. The van der Waals surface area contributed by atoms with Gasteiger partial charge in [-0.1, -0.05) is 0 Å². The van der Waals surface area contributed by atoms with Gasteiger partial charge in [-0.2, -0.15) is 0 Å². The topological polar surface area (TPSA) is 93.9 Å². The van der Waals surface area contributed by atoms with Crippen molar-refractivity contribution < 1.29 is 19.2 Å². The van der Waals surface area contributed by atoms with Crippen LogP contribution >= 0.6 is 0 Å². The Bertz CT molecular complexity index is 591. The van der Waals surface area contributed by atoms with Crippen molar-refractivity contribution in [2.75, 3.05) is 40.4 Å². The highest BCUT2D eigenvalue weighted by atomic mass is 16.6. The molecule has 1 unspecified atom stereocenters. The molecule has 8 heteroatoms. The molecule has 0 aromatic heterocycles. The van der Waals surface area contributed by atoms with E-state index in [2.05, 4.69) is 5.32 Å². The van der Waals surface area contributed by atoms with Crippen molar-refractivity contribution in [2.45, 2.75) is 12.8 Å². The number of hydrogen-bond acceptors (Lipinski definition) is 6. The molecule has 1 fully saturated rings. The van der Waals surface area contributed by atoms with Gasteiger partial charge in [0.2, 0.25) is 5.75 Å². The molecule has 1 aliphatic rings. The lowest BCUT2D eigenvalue weighted by atomic mass is 9.98. The average Bonchev–Trinajstić information content (AvgIpc) is 2.59. The number of nitro groups is 1. The van der Waals surface area contributed by atoms with E-state index >= 15 is 0 Å². The van der Waals surface area contributed by atoms with Crippen molar-refractivity contribution in [2.24, 2.45) is 5.92 Å². The van der Waals surface area contributed by atoms with Crippen LogP contribution in [-0.4, -0.2) is 56.1 Å². The Hall–Kier alpha value is -2.35. The molecule has 1 amide bonds. The molecule has 1 aromatic rings. The molecule has 1 aromatic carbocycles. The van der Waals surface area contributed by atoms with Crippen molar-refractivity contribution in [3.63, 3.8) is 0 Å². The monoisotopic (exact) mass is 337 g/mol. The van der Waals surface area contributed by atoms with E-state index in [1.165, 1.54) is 25.3 Å². The fraction of sp³-hybridized carbons (Fsp3) is 0.562. The molecule has 1 atom stereocenters. The molecule has 0 radical (unpaired) electrons. The molecule has 0 aliphatic carbocycles. The first-order chi connectivity index (χ1) is 11.5. The van der Waals surface area contributed by atoms with E-state index in [-0.39, 0.29) is 24.0 Å². The van der Waals surface area contributed by atoms with Gasteiger partial charge in [0.25, 0.3) is 5.91 Å². The van der Waals surface area contributed by atoms with Crippen LogP contribution < -0.4 is 14.8 Å². The molecule has 1 N–H and O–H groups in total. The summed E-state index contributed by atoms with van der Waals surface area (Å²) in [6.45, 7) is 2.27. The highest BCUT2D eigenvalue weighted by Crippen LogP contribution is 2.30. The summed E-state index contributed by atoms with van der Waals surface area (Å²) >= 11 is 0. The maximum absolute atomic E-state index is 12.3. The summed E-state index contributed by atoms with van der Waals surface area (Å²) in [5, 5.41) is 14.0. The van der Waals surface area contributed by atoms with Gasteiger partial charge in [-0.05, 0) is 38.4 Å². The number of nitrogens with zero attached hydrogens (tertiary/aromatic N) is 2. The van der Waals surface area contributed by atoms with Crippen LogP contribution in [0.25, 0.3) is 0 Å². The standard InChI is InChI=1S/C16H23N3O5/c1-17-9-12-4-3-7-18(10-12)16(20)11-24-13-5-6-14(19(21)22)15(8-13)23-2/h5-6,8,12,17H,3-4,7,9-11H2,1-2H3. The Labute approximate surface area is 140 Å². The van der Waals surface area contributed by atoms with E-state index in [4.69, 9.17) is 9.47 Å². The second-order valence-electron chi connectivity index (χ2n) is 5.79. The molecule has 1 aliphatic heterocycles. The Morgan fingerprint density at radius 2 is 2.29 bits per heavy atom. The number of rotatable bonds is 7. The Morgan fingerprint density at radius 3 is 2.96 bits per heavy atom. The summed E-state index contributed by atoms with van der Waals surface area (Å²) in [5.74, 6) is 0.867. The van der Waals surface area contributed by atoms with Crippen LogP contribution in [0.15, 0.2) is 18.2 Å². The largest absolute Gasteiger partial charge is 0.490 e. The normalized spacial score (nSPS) is 17.4. The lowest BCUT2D eigenvalue weighted by Crippen LogP contribution is -2.44. The van der Waals surface area contributed by atoms with Crippen LogP contribution in [0.4, 0.5) is 5.69 Å². The molecular formula is C16H23N3O5. The number of benzene rings is 1. The maximum atomic E-state index is 12.3. The van der Waals surface area contributed by atoms with E-state index in [1.807, 2.05) is 11.9 Å². The maximum Gasteiger partial charge on any atom is 0.311 e. The van der Waals surface area contributed by atoms with Crippen molar-refractivity contribution in [3.8, 4) is 11.5 Å². The van der Waals surface area contributed by atoms with Crippen LogP contribution in [0, 0.1) is 16.0 Å². The fourth-order valence-electron chi connectivity index (χ4n) is 2.88. The summed E-state index contributed by atoms with van der Waals surface area (Å²) in [6.07, 6.45) is 2.11. The summed E-state index contributed by atoms with van der Waals surface area (Å²) in [7, 11) is 3.26. The molecule has 24 heavy (non-hydrogen) atoms. The van der Waals surface area contributed by atoms with Gasteiger partial charge < -0.3 is 19.7 Å². The van der Waals surface area contributed by atoms with Gasteiger partial charge in [0.05, 0.1) is 12.0 Å². The van der Waals surface area contributed by atoms with Gasteiger partial charge in [0.1, 0.15) is 5.75 Å². The number of nitrogens with one attached hydrogen (secondary N) is 1. The predicted octanol–water partition coefficient (Wildman–Crippen LogP) is 1.44. The van der Waals surface area contributed by atoms with Crippen LogP contribution in [0.2, 0.25) is 0 Å². The molecule has 1 heterocycles. The SMILES string of the molecule is CNCC1CCCN(C(=O)COc2ccc([N+](=O)[O-])c(OC)c2)C1. The lowest BCUT2D eigenvalue weighted by Gasteiger charge is -2.32. The lowest BCUT2D eigenvalue weighted by molar-refractivity contribution is -0.385. The van der Waals surface area contributed by atoms with E-state index in [0.29, 0.717) is 11.7 Å². The van der Waals surface area contributed by atoms with Crippen LogP contribution in [-0.2, 0) is 4.79 Å². The average molecular weight is 337 g/mol. The highest BCUT2D eigenvalue weighted by Gasteiger charge is 2.23. The van der Waals surface area contributed by atoms with Crippen LogP contribution in [0.3, 0.4) is 0 Å². The minimum Gasteiger partial charge on any atom is -0.490 e. The Balaban J connectivity index is 1.92. The third-order valence-corrected chi connectivity index (χ3v) is 4.07. The van der Waals surface area contributed by atoms with Gasteiger partial charge in [-0.3, -0.25) is 14.9 Å². The van der Waals surface area contributed by atoms with E-state index in [1.54, 1.807) is 0 Å². The zero-order chi connectivity index (χ0) is 17.5. The second-order valence-corrected chi connectivity index (χ2v) is 5.79. The number of hydrogen-bond donors (Lipinski definition) is 1.